The number of halogens is 2. The van der Waals surface area contributed by atoms with Gasteiger partial charge >= 0.3 is 11.9 Å². The highest BCUT2D eigenvalue weighted by Gasteiger charge is 2.55. The van der Waals surface area contributed by atoms with E-state index in [1.165, 1.54) is 0 Å². The van der Waals surface area contributed by atoms with Gasteiger partial charge in [-0.25, -0.2) is 9.59 Å². The minimum absolute atomic E-state index is 0.0102. The summed E-state index contributed by atoms with van der Waals surface area (Å²) >= 11 is 13.2. The van der Waals surface area contributed by atoms with Crippen LogP contribution in [0.25, 0.3) is 11.1 Å². The molecule has 4 aliphatic heterocycles. The van der Waals surface area contributed by atoms with E-state index in [-0.39, 0.29) is 12.1 Å². The van der Waals surface area contributed by atoms with Crippen molar-refractivity contribution in [3.8, 4) is 0 Å². The molecule has 2 saturated heterocycles. The summed E-state index contributed by atoms with van der Waals surface area (Å²) in [6, 6.07) is 3.45. The van der Waals surface area contributed by atoms with E-state index in [2.05, 4.69) is 20.9 Å². The Morgan fingerprint density at radius 2 is 1.28 bits per heavy atom. The van der Waals surface area contributed by atoms with Crippen LogP contribution in [0.2, 0.25) is 0 Å². The third kappa shape index (κ3) is 3.78. The van der Waals surface area contributed by atoms with Crippen molar-refractivity contribution >= 4 is 46.3 Å². The highest BCUT2D eigenvalue weighted by molar-refractivity contribution is 6.34. The van der Waals surface area contributed by atoms with Crippen LogP contribution < -0.4 is 10.6 Å². The first-order valence-electron chi connectivity index (χ1n) is 11.9. The van der Waals surface area contributed by atoms with Gasteiger partial charge in [-0.2, -0.15) is 0 Å². The molecular formula is C24H24Cl2N4O6. The third-order valence-corrected chi connectivity index (χ3v) is 7.92. The maximum absolute atomic E-state index is 13.2. The van der Waals surface area contributed by atoms with Crippen molar-refractivity contribution in [3.63, 3.8) is 0 Å². The summed E-state index contributed by atoms with van der Waals surface area (Å²) in [5.41, 5.74) is -0.726. The van der Waals surface area contributed by atoms with E-state index in [4.69, 9.17) is 41.7 Å². The predicted octanol–water partition coefficient (Wildman–Crippen LogP) is 3.67. The molecule has 6 heterocycles. The fourth-order valence-corrected chi connectivity index (χ4v) is 6.67. The molecule has 4 aliphatic rings. The van der Waals surface area contributed by atoms with Crippen LogP contribution in [0.4, 0.5) is 0 Å². The van der Waals surface area contributed by atoms with Gasteiger partial charge in [-0.1, -0.05) is 33.5 Å². The number of hydrogen-bond acceptors (Lipinski definition) is 10. The number of fused-ring (bicyclic) bond motifs is 4. The van der Waals surface area contributed by atoms with Crippen LogP contribution in [-0.4, -0.2) is 45.8 Å². The molecule has 4 bridgehead atoms. The molecule has 36 heavy (non-hydrogen) atoms. The maximum atomic E-state index is 13.2. The maximum Gasteiger partial charge on any atom is 0.419 e. The summed E-state index contributed by atoms with van der Waals surface area (Å²) < 4.78 is 22.1. The third-order valence-electron chi connectivity index (χ3n) is 7.23. The molecule has 6 rings (SSSR count). The number of aromatic nitrogens is 2. The number of hydrogen-bond donors (Lipinski definition) is 2. The molecule has 2 aromatic heterocycles. The van der Waals surface area contributed by atoms with E-state index in [0.717, 1.165) is 0 Å². The fourth-order valence-electron chi connectivity index (χ4n) is 5.80. The number of nitrogens with one attached hydrogen (secondary N) is 2. The molecule has 0 spiro atoms. The molecule has 0 aromatic carbocycles. The van der Waals surface area contributed by atoms with Crippen LogP contribution in [0, 0.1) is 13.8 Å². The Kier molecular flexibility index (Phi) is 5.56. The Bertz CT molecular complexity index is 1230. The van der Waals surface area contributed by atoms with Gasteiger partial charge in [0.05, 0.1) is 11.1 Å². The highest BCUT2D eigenvalue weighted by Crippen LogP contribution is 2.48. The van der Waals surface area contributed by atoms with Crippen LogP contribution in [0.1, 0.15) is 61.4 Å². The molecule has 0 saturated carbocycles. The van der Waals surface area contributed by atoms with Gasteiger partial charge in [0.1, 0.15) is 22.9 Å². The van der Waals surface area contributed by atoms with Gasteiger partial charge in [0, 0.05) is 47.1 Å². The van der Waals surface area contributed by atoms with Crippen molar-refractivity contribution in [2.24, 2.45) is 0 Å². The SMILES string of the molecule is Cc1cc(C2=C(Cl)CC3CCC2(OC(=O)C(=O)OC24CCC(CC(Cl)=C2c2cc(C)on2)N4)N3)no1. The topological polar surface area (TPSA) is 129 Å². The standard InChI is InChI=1S/C24H24Cl2N4O6/c1-11-7-17(29-35-11)19-15(25)9-13-3-5-23(19,27-13)33-21(31)22(32)34-24-6-4-14(28-24)10-16(26)20(24)18-8-12(2)36-30-18/h7-8,13-14,27-28H,3-6,9-10H2,1-2H3. The predicted molar refractivity (Wildman–Crippen MR) is 127 cm³/mol. The van der Waals surface area contributed by atoms with Crippen LogP contribution in [0.5, 0.6) is 0 Å². The Labute approximate surface area is 216 Å². The van der Waals surface area contributed by atoms with E-state index in [1.54, 1.807) is 26.0 Å². The fraction of sp³-hybridized carbons (Fsp3) is 0.500. The molecule has 2 aromatic rings. The number of aryl methyl sites for hydroxylation is 2. The number of carbonyl (C=O) groups is 2. The second-order valence-corrected chi connectivity index (χ2v) is 10.7. The zero-order valence-electron chi connectivity index (χ0n) is 19.7. The lowest BCUT2D eigenvalue weighted by atomic mass is 9.95. The summed E-state index contributed by atoms with van der Waals surface area (Å²) in [4.78, 5) is 26.4. The Hall–Kier alpha value is -2.66. The number of ether oxygens (including phenoxy) is 2. The van der Waals surface area contributed by atoms with E-state index in [1.807, 2.05) is 0 Å². The van der Waals surface area contributed by atoms with Gasteiger partial charge in [0.2, 0.25) is 0 Å². The Morgan fingerprint density at radius 3 is 1.64 bits per heavy atom. The van der Waals surface area contributed by atoms with E-state index in [0.29, 0.717) is 82.6 Å². The summed E-state index contributed by atoms with van der Waals surface area (Å²) in [6.07, 6.45) is 3.39. The molecule has 2 N–H and O–H groups in total. The smallest absolute Gasteiger partial charge is 0.419 e. The van der Waals surface area contributed by atoms with Gasteiger partial charge in [-0.05, 0) is 39.5 Å². The van der Waals surface area contributed by atoms with Gasteiger partial charge in [0.25, 0.3) is 0 Å². The molecule has 4 unspecified atom stereocenters. The number of nitrogens with zero attached hydrogens (tertiary/aromatic N) is 2. The summed E-state index contributed by atoms with van der Waals surface area (Å²) in [7, 11) is 0. The molecule has 0 amide bonds. The zero-order chi connectivity index (χ0) is 25.2. The Balaban J connectivity index is 1.28. The van der Waals surface area contributed by atoms with Crippen molar-refractivity contribution in [2.45, 2.75) is 75.9 Å². The van der Waals surface area contributed by atoms with Crippen LogP contribution in [0.15, 0.2) is 31.2 Å². The normalized spacial score (nSPS) is 31.2. The average molecular weight is 535 g/mol. The second kappa shape index (κ2) is 8.44. The monoisotopic (exact) mass is 534 g/mol. The summed E-state index contributed by atoms with van der Waals surface area (Å²) in [5.74, 6) is -1.13. The largest absolute Gasteiger partial charge is 0.431 e. The van der Waals surface area contributed by atoms with Crippen molar-refractivity contribution in [2.75, 3.05) is 0 Å². The second-order valence-electron chi connectivity index (χ2n) is 9.81. The first-order valence-corrected chi connectivity index (χ1v) is 12.6. The summed E-state index contributed by atoms with van der Waals surface area (Å²) in [6.45, 7) is 3.51. The first kappa shape index (κ1) is 23.7. The van der Waals surface area contributed by atoms with E-state index in [9.17, 15) is 9.59 Å². The quantitative estimate of drug-likeness (QED) is 0.442. The summed E-state index contributed by atoms with van der Waals surface area (Å²) in [5, 5.41) is 15.8. The molecular weight excluding hydrogens is 511 g/mol. The average Bonchev–Trinajstić information content (AvgIpc) is 3.57. The molecule has 190 valence electrons. The zero-order valence-corrected chi connectivity index (χ0v) is 21.2. The first-order chi connectivity index (χ1) is 17.2. The molecule has 12 heteroatoms. The van der Waals surface area contributed by atoms with Gasteiger partial charge in [-0.15, -0.1) is 0 Å². The van der Waals surface area contributed by atoms with Crippen molar-refractivity contribution in [1.82, 2.24) is 20.9 Å². The molecule has 10 nitrogen and oxygen atoms in total. The van der Waals surface area contributed by atoms with Crippen LogP contribution >= 0.6 is 23.2 Å². The lowest BCUT2D eigenvalue weighted by Crippen LogP contribution is -2.54. The minimum Gasteiger partial charge on any atom is -0.431 e. The Morgan fingerprint density at radius 1 is 0.861 bits per heavy atom. The van der Waals surface area contributed by atoms with E-state index < -0.39 is 23.4 Å². The lowest BCUT2D eigenvalue weighted by molar-refractivity contribution is -0.182. The van der Waals surface area contributed by atoms with Gasteiger partial charge in [0.15, 0.2) is 11.4 Å². The van der Waals surface area contributed by atoms with Crippen LogP contribution in [0.3, 0.4) is 0 Å². The number of esters is 2. The highest BCUT2D eigenvalue weighted by atomic mass is 35.5. The van der Waals surface area contributed by atoms with Crippen molar-refractivity contribution in [1.29, 1.82) is 0 Å². The van der Waals surface area contributed by atoms with Crippen LogP contribution in [-0.2, 0) is 19.1 Å². The molecule has 0 radical (unpaired) electrons. The number of rotatable bonds is 4. The lowest BCUT2D eigenvalue weighted by Gasteiger charge is -2.37. The van der Waals surface area contributed by atoms with Gasteiger partial charge in [-0.3, -0.25) is 10.6 Å². The molecule has 2 fully saturated rings. The van der Waals surface area contributed by atoms with Crippen molar-refractivity contribution in [3.05, 3.63) is 45.1 Å². The van der Waals surface area contributed by atoms with Gasteiger partial charge < -0.3 is 18.5 Å². The molecule has 4 atom stereocenters. The number of carbonyl (C=O) groups excluding carboxylic acids is 2. The van der Waals surface area contributed by atoms with E-state index >= 15 is 0 Å². The van der Waals surface area contributed by atoms with Crippen molar-refractivity contribution < 1.29 is 28.1 Å². The minimum atomic E-state index is -1.31. The molecule has 0 aliphatic carbocycles.